The minimum absolute atomic E-state index is 0.255. The van der Waals surface area contributed by atoms with Gasteiger partial charge in [-0.3, -0.25) is 4.79 Å². The molecule has 4 nitrogen and oxygen atoms in total. The van der Waals surface area contributed by atoms with E-state index in [0.29, 0.717) is 6.42 Å². The Morgan fingerprint density at radius 1 is 1.40 bits per heavy atom. The fraction of sp³-hybridized carbons (Fsp3) is 0.733. The Labute approximate surface area is 124 Å². The van der Waals surface area contributed by atoms with Crippen molar-refractivity contribution in [1.82, 2.24) is 15.2 Å². The molecule has 1 aromatic rings. The fourth-order valence-corrected chi connectivity index (χ4v) is 4.07. The summed E-state index contributed by atoms with van der Waals surface area (Å²) >= 11 is 1.67. The zero-order chi connectivity index (χ0) is 13.9. The molecule has 2 aliphatic heterocycles. The first kappa shape index (κ1) is 14.0. The van der Waals surface area contributed by atoms with Crippen molar-refractivity contribution < 1.29 is 4.79 Å². The Kier molecular flexibility index (Phi) is 4.36. The monoisotopic (exact) mass is 293 g/mol. The third-order valence-corrected chi connectivity index (χ3v) is 5.65. The first-order chi connectivity index (χ1) is 9.76. The molecule has 0 radical (unpaired) electrons. The van der Waals surface area contributed by atoms with Crippen molar-refractivity contribution in [3.05, 3.63) is 16.1 Å². The summed E-state index contributed by atoms with van der Waals surface area (Å²) < 4.78 is 0. The van der Waals surface area contributed by atoms with Gasteiger partial charge in [-0.1, -0.05) is 6.92 Å². The largest absolute Gasteiger partial charge is 0.342 e. The normalized spacial score (nSPS) is 26.4. The molecule has 1 aromatic heterocycles. The van der Waals surface area contributed by atoms with Crippen LogP contribution in [0.25, 0.3) is 0 Å². The van der Waals surface area contributed by atoms with Gasteiger partial charge in [-0.15, -0.1) is 11.3 Å². The summed E-state index contributed by atoms with van der Waals surface area (Å²) in [6.07, 6.45) is 3.74. The maximum Gasteiger partial charge on any atom is 0.228 e. The van der Waals surface area contributed by atoms with Gasteiger partial charge in [0, 0.05) is 18.5 Å². The van der Waals surface area contributed by atoms with Gasteiger partial charge in [0.2, 0.25) is 5.91 Å². The van der Waals surface area contributed by atoms with Crippen LogP contribution in [0.4, 0.5) is 0 Å². The lowest BCUT2D eigenvalue weighted by Gasteiger charge is -2.20. The van der Waals surface area contributed by atoms with Gasteiger partial charge in [-0.05, 0) is 44.2 Å². The van der Waals surface area contributed by atoms with Gasteiger partial charge in [0.25, 0.3) is 0 Å². The van der Waals surface area contributed by atoms with Gasteiger partial charge in [-0.25, -0.2) is 4.98 Å². The molecule has 2 aliphatic rings. The number of hydrogen-bond acceptors (Lipinski definition) is 4. The fourth-order valence-electron chi connectivity index (χ4n) is 3.33. The average molecular weight is 293 g/mol. The molecule has 5 heteroatoms. The summed E-state index contributed by atoms with van der Waals surface area (Å²) in [7, 11) is 0. The second-order valence-corrected chi connectivity index (χ2v) is 6.84. The number of likely N-dealkylation sites (tertiary alicyclic amines) is 1. The number of aromatic nitrogens is 1. The Balaban J connectivity index is 1.57. The predicted molar refractivity (Wildman–Crippen MR) is 80.9 cm³/mol. The molecule has 0 unspecified atom stereocenters. The molecule has 20 heavy (non-hydrogen) atoms. The lowest BCUT2D eigenvalue weighted by atomic mass is 9.92. The number of fused-ring (bicyclic) bond motifs is 1. The number of rotatable bonds is 3. The summed E-state index contributed by atoms with van der Waals surface area (Å²) in [6.45, 7) is 6.22. The van der Waals surface area contributed by atoms with Crippen LogP contribution in [-0.4, -0.2) is 42.0 Å². The number of hydrogen-bond donors (Lipinski definition) is 1. The van der Waals surface area contributed by atoms with E-state index in [1.165, 1.54) is 0 Å². The predicted octanol–water partition coefficient (Wildman–Crippen LogP) is 1.71. The van der Waals surface area contributed by atoms with Crippen molar-refractivity contribution in [1.29, 1.82) is 0 Å². The Bertz CT molecular complexity index is 459. The molecular weight excluding hydrogens is 270 g/mol. The molecule has 0 aromatic carbocycles. The number of nitrogens with one attached hydrogen (secondary N) is 1. The molecule has 2 atom stereocenters. The SMILES string of the molecule is CCc1nc(CC(=O)N2CC[C@@H]3CNC[C@@H]3CC2)cs1. The van der Waals surface area contributed by atoms with Crippen LogP contribution in [0, 0.1) is 11.8 Å². The maximum atomic E-state index is 12.4. The molecule has 0 aliphatic carbocycles. The van der Waals surface area contributed by atoms with Crippen LogP contribution in [0.15, 0.2) is 5.38 Å². The Hall–Kier alpha value is -0.940. The number of thiazole rings is 1. The topological polar surface area (TPSA) is 45.2 Å². The lowest BCUT2D eigenvalue weighted by molar-refractivity contribution is -0.130. The van der Waals surface area contributed by atoms with E-state index in [4.69, 9.17) is 0 Å². The highest BCUT2D eigenvalue weighted by molar-refractivity contribution is 7.09. The van der Waals surface area contributed by atoms with Crippen LogP contribution in [0.5, 0.6) is 0 Å². The van der Waals surface area contributed by atoms with Gasteiger partial charge in [0.05, 0.1) is 17.1 Å². The molecule has 110 valence electrons. The van der Waals surface area contributed by atoms with Crippen LogP contribution in [0.1, 0.15) is 30.5 Å². The molecule has 0 bridgehead atoms. The minimum atomic E-state index is 0.255. The van der Waals surface area contributed by atoms with Crippen LogP contribution in [0.3, 0.4) is 0 Å². The summed E-state index contributed by atoms with van der Waals surface area (Å²) in [5.74, 6) is 1.81. The van der Waals surface area contributed by atoms with E-state index in [2.05, 4.69) is 22.1 Å². The van der Waals surface area contributed by atoms with Gasteiger partial charge in [-0.2, -0.15) is 0 Å². The number of nitrogens with zero attached hydrogens (tertiary/aromatic N) is 2. The van der Waals surface area contributed by atoms with Crippen molar-refractivity contribution in [3.63, 3.8) is 0 Å². The second-order valence-electron chi connectivity index (χ2n) is 5.90. The summed E-state index contributed by atoms with van der Waals surface area (Å²) in [5.41, 5.74) is 0.947. The van der Waals surface area contributed by atoms with Crippen molar-refractivity contribution in [2.75, 3.05) is 26.2 Å². The van der Waals surface area contributed by atoms with Gasteiger partial charge < -0.3 is 10.2 Å². The Morgan fingerprint density at radius 2 is 2.10 bits per heavy atom. The highest BCUT2D eigenvalue weighted by Gasteiger charge is 2.31. The van der Waals surface area contributed by atoms with Crippen molar-refractivity contribution >= 4 is 17.2 Å². The number of amides is 1. The first-order valence-corrected chi connectivity index (χ1v) is 8.56. The summed E-state index contributed by atoms with van der Waals surface area (Å²) in [6, 6.07) is 0. The number of carbonyl (C=O) groups excluding carboxylic acids is 1. The standard InChI is InChI=1S/C15H23N3OS/c1-2-14-17-13(10-20-14)7-15(19)18-5-3-11-8-16-9-12(11)4-6-18/h10-12,16H,2-9H2,1H3/t11-,12+. The molecule has 2 fully saturated rings. The van der Waals surface area contributed by atoms with Crippen LogP contribution < -0.4 is 5.32 Å². The molecule has 2 saturated heterocycles. The van der Waals surface area contributed by atoms with E-state index >= 15 is 0 Å². The van der Waals surface area contributed by atoms with E-state index in [1.54, 1.807) is 11.3 Å². The zero-order valence-electron chi connectivity index (χ0n) is 12.1. The molecule has 0 spiro atoms. The van der Waals surface area contributed by atoms with Gasteiger partial charge >= 0.3 is 0 Å². The van der Waals surface area contributed by atoms with E-state index in [9.17, 15) is 4.79 Å². The van der Waals surface area contributed by atoms with E-state index in [-0.39, 0.29) is 5.91 Å². The minimum Gasteiger partial charge on any atom is -0.342 e. The van der Waals surface area contributed by atoms with Crippen molar-refractivity contribution in [2.45, 2.75) is 32.6 Å². The van der Waals surface area contributed by atoms with E-state index in [0.717, 1.165) is 68.0 Å². The molecule has 1 amide bonds. The molecular formula is C15H23N3OS. The average Bonchev–Trinajstić information content (AvgIpc) is 3.04. The molecule has 0 saturated carbocycles. The summed E-state index contributed by atoms with van der Waals surface area (Å²) in [5, 5.41) is 6.64. The lowest BCUT2D eigenvalue weighted by Crippen LogP contribution is -2.34. The van der Waals surface area contributed by atoms with Crippen molar-refractivity contribution in [2.24, 2.45) is 11.8 Å². The third kappa shape index (κ3) is 3.04. The zero-order valence-corrected chi connectivity index (χ0v) is 12.9. The second kappa shape index (κ2) is 6.22. The smallest absolute Gasteiger partial charge is 0.228 e. The van der Waals surface area contributed by atoms with E-state index < -0.39 is 0 Å². The first-order valence-electron chi connectivity index (χ1n) is 7.68. The van der Waals surface area contributed by atoms with Crippen molar-refractivity contribution in [3.8, 4) is 0 Å². The third-order valence-electron chi connectivity index (χ3n) is 4.61. The highest BCUT2D eigenvalue weighted by atomic mass is 32.1. The maximum absolute atomic E-state index is 12.4. The quantitative estimate of drug-likeness (QED) is 0.923. The molecule has 3 heterocycles. The van der Waals surface area contributed by atoms with E-state index in [1.807, 2.05) is 5.38 Å². The number of carbonyl (C=O) groups is 1. The van der Waals surface area contributed by atoms with Gasteiger partial charge in [0.15, 0.2) is 0 Å². The van der Waals surface area contributed by atoms with Crippen LogP contribution >= 0.6 is 11.3 Å². The van der Waals surface area contributed by atoms with Crippen LogP contribution in [0.2, 0.25) is 0 Å². The van der Waals surface area contributed by atoms with Gasteiger partial charge in [0.1, 0.15) is 0 Å². The molecule has 1 N–H and O–H groups in total. The number of aryl methyl sites for hydroxylation is 1. The summed E-state index contributed by atoms with van der Waals surface area (Å²) in [4.78, 5) is 19.0. The Morgan fingerprint density at radius 3 is 2.70 bits per heavy atom. The van der Waals surface area contributed by atoms with Crippen LogP contribution in [-0.2, 0) is 17.6 Å². The highest BCUT2D eigenvalue weighted by Crippen LogP contribution is 2.27. The molecule has 3 rings (SSSR count).